The van der Waals surface area contributed by atoms with Crippen molar-refractivity contribution in [3.8, 4) is 0 Å². The van der Waals surface area contributed by atoms with Crippen LogP contribution in [0.4, 0.5) is 19.0 Å². The number of alkyl halides is 3. The summed E-state index contributed by atoms with van der Waals surface area (Å²) in [5.41, 5.74) is 1.04. The molecule has 2 aromatic rings. The predicted molar refractivity (Wildman–Crippen MR) is 74.2 cm³/mol. The normalized spacial score (nSPS) is 17.7. The van der Waals surface area contributed by atoms with Gasteiger partial charge in [0.1, 0.15) is 11.5 Å². The highest BCUT2D eigenvalue weighted by Gasteiger charge is 2.36. The van der Waals surface area contributed by atoms with Crippen LogP contribution in [0, 0.1) is 12.8 Å². The van der Waals surface area contributed by atoms with E-state index in [9.17, 15) is 13.2 Å². The number of hydrogen-bond acceptors (Lipinski definition) is 3. The molecular weight excluding hydrogens is 281 g/mol. The number of nitrogens with zero attached hydrogens (tertiary/aromatic N) is 3. The third-order valence-electron chi connectivity index (χ3n) is 3.94. The van der Waals surface area contributed by atoms with Crippen molar-refractivity contribution in [3.63, 3.8) is 0 Å². The summed E-state index contributed by atoms with van der Waals surface area (Å²) in [4.78, 5) is 12.2. The average molecular weight is 298 g/mol. The van der Waals surface area contributed by atoms with E-state index in [4.69, 9.17) is 0 Å². The van der Waals surface area contributed by atoms with Gasteiger partial charge in [0.25, 0.3) is 0 Å². The van der Waals surface area contributed by atoms with Gasteiger partial charge < -0.3 is 9.88 Å². The van der Waals surface area contributed by atoms with Crippen LogP contribution in [-0.4, -0.2) is 28.0 Å². The van der Waals surface area contributed by atoms with Gasteiger partial charge in [-0.2, -0.15) is 13.2 Å². The van der Waals surface area contributed by atoms with Crippen LogP contribution < -0.4 is 4.90 Å². The second-order valence-electron chi connectivity index (χ2n) is 5.75. The van der Waals surface area contributed by atoms with Crippen LogP contribution in [0.15, 0.2) is 6.07 Å². The SMILES string of the molecule is Cc1cc2c(N3CCC(C)CC3)nc(C(F)(F)F)nc2[nH]1. The minimum Gasteiger partial charge on any atom is -0.356 e. The molecule has 1 fully saturated rings. The highest BCUT2D eigenvalue weighted by molar-refractivity contribution is 5.88. The largest absolute Gasteiger partial charge is 0.451 e. The number of nitrogens with one attached hydrogen (secondary N) is 1. The minimum absolute atomic E-state index is 0.253. The van der Waals surface area contributed by atoms with E-state index >= 15 is 0 Å². The third-order valence-corrected chi connectivity index (χ3v) is 3.94. The zero-order chi connectivity index (χ0) is 15.2. The molecule has 1 aliphatic heterocycles. The maximum absolute atomic E-state index is 13.0. The summed E-state index contributed by atoms with van der Waals surface area (Å²) in [7, 11) is 0. The molecule has 1 saturated heterocycles. The van der Waals surface area contributed by atoms with Crippen molar-refractivity contribution in [3.05, 3.63) is 17.6 Å². The summed E-state index contributed by atoms with van der Waals surface area (Å²) < 4.78 is 38.9. The quantitative estimate of drug-likeness (QED) is 0.876. The summed E-state index contributed by atoms with van der Waals surface area (Å²) in [5, 5.41) is 0.662. The van der Waals surface area contributed by atoms with Gasteiger partial charge in [-0.15, -0.1) is 0 Å². The average Bonchev–Trinajstić information content (AvgIpc) is 2.77. The Morgan fingerprint density at radius 1 is 1.24 bits per heavy atom. The van der Waals surface area contributed by atoms with Crippen LogP contribution in [0.3, 0.4) is 0 Å². The van der Waals surface area contributed by atoms with Crippen molar-refractivity contribution in [1.29, 1.82) is 0 Å². The van der Waals surface area contributed by atoms with Gasteiger partial charge in [-0.1, -0.05) is 6.92 Å². The van der Waals surface area contributed by atoms with Crippen LogP contribution in [0.2, 0.25) is 0 Å². The first-order valence-corrected chi connectivity index (χ1v) is 7.04. The molecule has 0 unspecified atom stereocenters. The lowest BCUT2D eigenvalue weighted by molar-refractivity contribution is -0.144. The first-order valence-electron chi connectivity index (χ1n) is 7.04. The summed E-state index contributed by atoms with van der Waals surface area (Å²) in [6, 6.07) is 1.81. The van der Waals surface area contributed by atoms with E-state index in [0.29, 0.717) is 17.1 Å². The number of piperidine rings is 1. The fourth-order valence-corrected chi connectivity index (χ4v) is 2.71. The monoisotopic (exact) mass is 298 g/mol. The maximum Gasteiger partial charge on any atom is 0.451 e. The van der Waals surface area contributed by atoms with Crippen molar-refractivity contribution in [1.82, 2.24) is 15.0 Å². The molecule has 3 heterocycles. The van der Waals surface area contributed by atoms with Gasteiger partial charge in [-0.3, -0.25) is 0 Å². The minimum atomic E-state index is -4.54. The Morgan fingerprint density at radius 2 is 1.90 bits per heavy atom. The van der Waals surface area contributed by atoms with Crippen molar-refractivity contribution in [2.24, 2.45) is 5.92 Å². The van der Waals surface area contributed by atoms with E-state index in [1.807, 2.05) is 11.0 Å². The van der Waals surface area contributed by atoms with Gasteiger partial charge in [0, 0.05) is 18.8 Å². The number of fused-ring (bicyclic) bond motifs is 1. The van der Waals surface area contributed by atoms with Crippen LogP contribution in [0.1, 0.15) is 31.3 Å². The van der Waals surface area contributed by atoms with Gasteiger partial charge in [-0.05, 0) is 31.7 Å². The molecule has 1 aliphatic rings. The number of hydrogen-bond donors (Lipinski definition) is 1. The fourth-order valence-electron chi connectivity index (χ4n) is 2.71. The Bertz CT molecular complexity index is 654. The highest BCUT2D eigenvalue weighted by atomic mass is 19.4. The Hall–Kier alpha value is -1.79. The zero-order valence-electron chi connectivity index (χ0n) is 12.0. The first kappa shape index (κ1) is 14.2. The topological polar surface area (TPSA) is 44.8 Å². The second kappa shape index (κ2) is 4.89. The van der Waals surface area contributed by atoms with E-state index in [1.54, 1.807) is 6.92 Å². The van der Waals surface area contributed by atoms with E-state index in [-0.39, 0.29) is 5.65 Å². The summed E-state index contributed by atoms with van der Waals surface area (Å²) >= 11 is 0. The molecule has 0 bridgehead atoms. The number of anilines is 1. The molecule has 4 nitrogen and oxygen atoms in total. The number of aryl methyl sites for hydroxylation is 1. The molecule has 7 heteroatoms. The smallest absolute Gasteiger partial charge is 0.356 e. The van der Waals surface area contributed by atoms with Crippen LogP contribution in [0.5, 0.6) is 0 Å². The van der Waals surface area contributed by atoms with Gasteiger partial charge in [0.2, 0.25) is 5.82 Å². The third kappa shape index (κ3) is 2.69. The molecule has 114 valence electrons. The molecule has 0 atom stereocenters. The molecule has 2 aromatic heterocycles. The van der Waals surface area contributed by atoms with E-state index < -0.39 is 12.0 Å². The van der Waals surface area contributed by atoms with Crippen LogP contribution in [-0.2, 0) is 6.18 Å². The fraction of sp³-hybridized carbons (Fsp3) is 0.571. The number of rotatable bonds is 1. The molecular formula is C14H17F3N4. The van der Waals surface area contributed by atoms with Crippen LogP contribution in [0.25, 0.3) is 11.0 Å². The molecule has 0 saturated carbocycles. The molecule has 0 aromatic carbocycles. The molecule has 0 radical (unpaired) electrons. The Kier molecular flexibility index (Phi) is 3.30. The Morgan fingerprint density at radius 3 is 2.52 bits per heavy atom. The van der Waals surface area contributed by atoms with Gasteiger partial charge >= 0.3 is 6.18 Å². The van der Waals surface area contributed by atoms with Crippen molar-refractivity contribution >= 4 is 16.9 Å². The van der Waals surface area contributed by atoms with Crippen molar-refractivity contribution in [2.45, 2.75) is 32.9 Å². The molecule has 0 aliphatic carbocycles. The number of H-pyrrole nitrogens is 1. The van der Waals surface area contributed by atoms with E-state index in [1.165, 1.54) is 0 Å². The van der Waals surface area contributed by atoms with Gasteiger partial charge in [0.15, 0.2) is 0 Å². The van der Waals surface area contributed by atoms with Crippen molar-refractivity contribution < 1.29 is 13.2 Å². The van der Waals surface area contributed by atoms with Gasteiger partial charge in [-0.25, -0.2) is 9.97 Å². The van der Waals surface area contributed by atoms with E-state index in [0.717, 1.165) is 31.6 Å². The predicted octanol–water partition coefficient (Wildman–Crippen LogP) is 3.52. The lowest BCUT2D eigenvalue weighted by Gasteiger charge is -2.31. The molecule has 21 heavy (non-hydrogen) atoms. The number of halogens is 3. The lowest BCUT2D eigenvalue weighted by Crippen LogP contribution is -2.34. The van der Waals surface area contributed by atoms with E-state index in [2.05, 4.69) is 21.9 Å². The van der Waals surface area contributed by atoms with Gasteiger partial charge in [0.05, 0.1) is 5.39 Å². The number of aromatic nitrogens is 3. The summed E-state index contributed by atoms with van der Waals surface area (Å²) in [6.45, 7) is 5.43. The lowest BCUT2D eigenvalue weighted by atomic mass is 9.99. The molecule has 0 amide bonds. The summed E-state index contributed by atoms with van der Waals surface area (Å²) in [5.74, 6) is -0.0809. The highest BCUT2D eigenvalue weighted by Crippen LogP contribution is 2.33. The zero-order valence-corrected chi connectivity index (χ0v) is 12.0. The molecule has 0 spiro atoms. The standard InChI is InChI=1S/C14H17F3N4/c1-8-3-5-21(6-4-8)12-10-7-9(2)18-11(10)19-13(20-12)14(15,16)17/h7-8H,3-6H2,1-2H3,(H,18,19,20). The maximum atomic E-state index is 13.0. The Balaban J connectivity index is 2.10. The second-order valence-corrected chi connectivity index (χ2v) is 5.75. The van der Waals surface area contributed by atoms with Crippen molar-refractivity contribution in [2.75, 3.05) is 18.0 Å². The first-order chi connectivity index (χ1) is 9.84. The summed E-state index contributed by atoms with van der Waals surface area (Å²) in [6.07, 6.45) is -2.60. The molecule has 3 rings (SSSR count). The molecule has 1 N–H and O–H groups in total. The Labute approximate surface area is 120 Å². The van der Waals surface area contributed by atoms with Crippen LogP contribution >= 0.6 is 0 Å². The number of aromatic amines is 1.